The van der Waals surface area contributed by atoms with Crippen LogP contribution in [0.1, 0.15) is 31.3 Å². The van der Waals surface area contributed by atoms with Crippen LogP contribution in [-0.4, -0.2) is 36.1 Å². The molecule has 0 aliphatic heterocycles. The maximum Gasteiger partial charge on any atom is 0.287 e. The Labute approximate surface area is 112 Å². The smallest absolute Gasteiger partial charge is 0.287 e. The van der Waals surface area contributed by atoms with Gasteiger partial charge in [-0.1, -0.05) is 13.8 Å². The van der Waals surface area contributed by atoms with Crippen LogP contribution in [0.2, 0.25) is 0 Å². The van der Waals surface area contributed by atoms with Gasteiger partial charge in [-0.25, -0.2) is 0 Å². The number of nitrogens with one attached hydrogen (secondary N) is 2. The van der Waals surface area contributed by atoms with E-state index in [1.807, 2.05) is 13.8 Å². The van der Waals surface area contributed by atoms with Gasteiger partial charge >= 0.3 is 0 Å². The second-order valence-corrected chi connectivity index (χ2v) is 5.21. The summed E-state index contributed by atoms with van der Waals surface area (Å²) < 4.78 is 4.93. The fourth-order valence-corrected chi connectivity index (χ4v) is 1.28. The van der Waals surface area contributed by atoms with Gasteiger partial charge in [-0.2, -0.15) is 0 Å². The van der Waals surface area contributed by atoms with E-state index in [2.05, 4.69) is 10.6 Å². The Morgan fingerprint density at radius 3 is 2.68 bits per heavy atom. The van der Waals surface area contributed by atoms with Crippen molar-refractivity contribution in [2.75, 3.05) is 13.2 Å². The average molecular weight is 268 g/mol. The van der Waals surface area contributed by atoms with Crippen LogP contribution in [0.15, 0.2) is 22.8 Å². The van der Waals surface area contributed by atoms with Crippen molar-refractivity contribution in [2.24, 2.45) is 5.41 Å². The molecule has 2 amide bonds. The van der Waals surface area contributed by atoms with E-state index in [4.69, 9.17) is 9.52 Å². The van der Waals surface area contributed by atoms with Gasteiger partial charge in [0.05, 0.1) is 6.26 Å². The van der Waals surface area contributed by atoms with Crippen LogP contribution in [0.5, 0.6) is 0 Å². The van der Waals surface area contributed by atoms with E-state index in [1.54, 1.807) is 13.0 Å². The molecule has 106 valence electrons. The SMILES string of the molecule is CC(NC(=O)c1ccco1)C(=O)NCC(C)(C)CO. The van der Waals surface area contributed by atoms with E-state index in [1.165, 1.54) is 12.3 Å². The van der Waals surface area contributed by atoms with Crippen molar-refractivity contribution in [3.63, 3.8) is 0 Å². The molecule has 0 spiro atoms. The molecule has 1 rings (SSSR count). The molecule has 0 saturated carbocycles. The molecule has 1 aromatic heterocycles. The predicted molar refractivity (Wildman–Crippen MR) is 69.5 cm³/mol. The van der Waals surface area contributed by atoms with Gasteiger partial charge in [0, 0.05) is 18.6 Å². The number of aliphatic hydroxyl groups is 1. The van der Waals surface area contributed by atoms with Crippen molar-refractivity contribution in [3.05, 3.63) is 24.2 Å². The number of rotatable bonds is 6. The summed E-state index contributed by atoms with van der Waals surface area (Å²) >= 11 is 0. The van der Waals surface area contributed by atoms with Gasteiger partial charge in [0.1, 0.15) is 6.04 Å². The van der Waals surface area contributed by atoms with E-state index in [0.717, 1.165) is 0 Å². The van der Waals surface area contributed by atoms with Crippen LogP contribution in [0.3, 0.4) is 0 Å². The highest BCUT2D eigenvalue weighted by molar-refractivity contribution is 5.95. The first-order valence-corrected chi connectivity index (χ1v) is 6.09. The lowest BCUT2D eigenvalue weighted by Gasteiger charge is -2.23. The van der Waals surface area contributed by atoms with Crippen LogP contribution in [-0.2, 0) is 4.79 Å². The van der Waals surface area contributed by atoms with Crippen molar-refractivity contribution in [1.29, 1.82) is 0 Å². The van der Waals surface area contributed by atoms with Crippen molar-refractivity contribution < 1.29 is 19.1 Å². The number of carbonyl (C=O) groups is 2. The Bertz CT molecular complexity index is 426. The Morgan fingerprint density at radius 2 is 2.16 bits per heavy atom. The number of carbonyl (C=O) groups excluding carboxylic acids is 2. The molecule has 0 aromatic carbocycles. The van der Waals surface area contributed by atoms with E-state index in [9.17, 15) is 9.59 Å². The van der Waals surface area contributed by atoms with Crippen LogP contribution in [0.25, 0.3) is 0 Å². The standard InChI is InChI=1S/C13H20N2O4/c1-9(11(17)14-7-13(2,3)8-16)15-12(18)10-5-4-6-19-10/h4-6,9,16H,7-8H2,1-3H3,(H,14,17)(H,15,18). The van der Waals surface area contributed by atoms with Crippen LogP contribution < -0.4 is 10.6 Å². The third kappa shape index (κ3) is 4.75. The molecule has 19 heavy (non-hydrogen) atoms. The first-order chi connectivity index (χ1) is 8.85. The largest absolute Gasteiger partial charge is 0.459 e. The van der Waals surface area contributed by atoms with Crippen molar-refractivity contribution in [1.82, 2.24) is 10.6 Å². The molecule has 1 heterocycles. The highest BCUT2D eigenvalue weighted by Gasteiger charge is 2.21. The molecule has 0 aliphatic carbocycles. The maximum atomic E-state index is 11.8. The Morgan fingerprint density at radius 1 is 1.47 bits per heavy atom. The number of aliphatic hydroxyl groups excluding tert-OH is 1. The minimum atomic E-state index is -0.674. The molecule has 0 aliphatic rings. The molecule has 1 aromatic rings. The molecule has 0 bridgehead atoms. The van der Waals surface area contributed by atoms with Gasteiger partial charge in [0.25, 0.3) is 5.91 Å². The van der Waals surface area contributed by atoms with Gasteiger partial charge in [-0.05, 0) is 19.1 Å². The number of hydrogen-bond donors (Lipinski definition) is 3. The molecule has 0 fully saturated rings. The average Bonchev–Trinajstić information content (AvgIpc) is 2.89. The number of amides is 2. The Kier molecular flexibility index (Phi) is 5.11. The third-order valence-electron chi connectivity index (χ3n) is 2.66. The summed E-state index contributed by atoms with van der Waals surface area (Å²) in [6.45, 7) is 5.56. The van der Waals surface area contributed by atoms with Gasteiger partial charge in [0.2, 0.25) is 5.91 Å². The zero-order valence-corrected chi connectivity index (χ0v) is 11.4. The molecule has 0 saturated heterocycles. The summed E-state index contributed by atoms with van der Waals surface area (Å²) in [5.41, 5.74) is -0.388. The van der Waals surface area contributed by atoms with E-state index < -0.39 is 11.9 Å². The summed E-state index contributed by atoms with van der Waals surface area (Å²) in [5, 5.41) is 14.3. The van der Waals surface area contributed by atoms with E-state index >= 15 is 0 Å². The van der Waals surface area contributed by atoms with Crippen molar-refractivity contribution >= 4 is 11.8 Å². The van der Waals surface area contributed by atoms with Crippen LogP contribution in [0.4, 0.5) is 0 Å². The molecule has 6 nitrogen and oxygen atoms in total. The van der Waals surface area contributed by atoms with Gasteiger partial charge < -0.3 is 20.2 Å². The predicted octanol–water partition coefficient (Wildman–Crippen LogP) is 0.533. The Hall–Kier alpha value is -1.82. The second kappa shape index (κ2) is 6.38. The van der Waals surface area contributed by atoms with Gasteiger partial charge in [-0.3, -0.25) is 9.59 Å². The molecular weight excluding hydrogens is 248 g/mol. The number of furan rings is 1. The fraction of sp³-hybridized carbons (Fsp3) is 0.538. The number of hydrogen-bond acceptors (Lipinski definition) is 4. The fourth-order valence-electron chi connectivity index (χ4n) is 1.28. The minimum absolute atomic E-state index is 0.0274. The third-order valence-corrected chi connectivity index (χ3v) is 2.66. The zero-order valence-electron chi connectivity index (χ0n) is 11.4. The summed E-state index contributed by atoms with van der Waals surface area (Å²) in [5.74, 6) is -0.578. The monoisotopic (exact) mass is 268 g/mol. The molecule has 0 radical (unpaired) electrons. The molecule has 6 heteroatoms. The molecule has 1 atom stereocenters. The normalized spacial score (nSPS) is 12.8. The summed E-state index contributed by atoms with van der Waals surface area (Å²) in [7, 11) is 0. The quantitative estimate of drug-likeness (QED) is 0.702. The topological polar surface area (TPSA) is 91.6 Å². The molecular formula is C13H20N2O4. The van der Waals surface area contributed by atoms with Gasteiger partial charge in [0.15, 0.2) is 5.76 Å². The van der Waals surface area contributed by atoms with Gasteiger partial charge in [-0.15, -0.1) is 0 Å². The zero-order chi connectivity index (χ0) is 14.5. The lowest BCUT2D eigenvalue weighted by Crippen LogP contribution is -2.47. The van der Waals surface area contributed by atoms with E-state index in [0.29, 0.717) is 6.54 Å². The molecule has 3 N–H and O–H groups in total. The summed E-state index contributed by atoms with van der Waals surface area (Å²) in [6, 6.07) is 2.45. The lowest BCUT2D eigenvalue weighted by atomic mass is 9.95. The van der Waals surface area contributed by atoms with Crippen LogP contribution in [0, 0.1) is 5.41 Å². The summed E-state index contributed by atoms with van der Waals surface area (Å²) in [6.07, 6.45) is 1.39. The van der Waals surface area contributed by atoms with Crippen molar-refractivity contribution in [3.8, 4) is 0 Å². The first-order valence-electron chi connectivity index (χ1n) is 6.09. The summed E-state index contributed by atoms with van der Waals surface area (Å²) in [4.78, 5) is 23.4. The first kappa shape index (κ1) is 15.2. The lowest BCUT2D eigenvalue weighted by molar-refractivity contribution is -0.123. The molecule has 1 unspecified atom stereocenters. The highest BCUT2D eigenvalue weighted by Crippen LogP contribution is 2.11. The second-order valence-electron chi connectivity index (χ2n) is 5.21. The van der Waals surface area contributed by atoms with Crippen molar-refractivity contribution in [2.45, 2.75) is 26.8 Å². The van der Waals surface area contributed by atoms with Crippen LogP contribution >= 0.6 is 0 Å². The minimum Gasteiger partial charge on any atom is -0.459 e. The highest BCUT2D eigenvalue weighted by atomic mass is 16.3. The maximum absolute atomic E-state index is 11.8. The Balaban J connectivity index is 2.43. The van der Waals surface area contributed by atoms with E-state index in [-0.39, 0.29) is 23.7 Å².